The molecule has 0 N–H and O–H groups in total. The first-order valence-corrected chi connectivity index (χ1v) is 5.02. The van der Waals surface area contributed by atoms with Gasteiger partial charge >= 0.3 is 0 Å². The number of hydrogen-bond acceptors (Lipinski definition) is 2. The van der Waals surface area contributed by atoms with Crippen LogP contribution in [0.4, 0.5) is 0 Å². The van der Waals surface area contributed by atoms with Crippen LogP contribution in [0.1, 0.15) is 32.6 Å². The summed E-state index contributed by atoms with van der Waals surface area (Å²) in [5.41, 5.74) is 0.158. The van der Waals surface area contributed by atoms with Crippen molar-refractivity contribution in [1.29, 1.82) is 0 Å². The van der Waals surface area contributed by atoms with Crippen LogP contribution >= 0.6 is 0 Å². The van der Waals surface area contributed by atoms with E-state index in [0.29, 0.717) is 5.78 Å². The van der Waals surface area contributed by atoms with Crippen LogP contribution in [0.2, 0.25) is 0 Å². The molecule has 2 heteroatoms. The van der Waals surface area contributed by atoms with Crippen molar-refractivity contribution in [3.8, 4) is 0 Å². The highest BCUT2D eigenvalue weighted by Crippen LogP contribution is 2.45. The van der Waals surface area contributed by atoms with Gasteiger partial charge in [-0.05, 0) is 38.9 Å². The third-order valence-electron chi connectivity index (χ3n) is 3.68. The molecule has 2 aliphatic rings. The third-order valence-corrected chi connectivity index (χ3v) is 3.68. The third kappa shape index (κ3) is 1.09. The van der Waals surface area contributed by atoms with Gasteiger partial charge in [0.25, 0.3) is 0 Å². The number of piperidine rings is 1. The van der Waals surface area contributed by atoms with E-state index in [0.717, 1.165) is 38.9 Å². The highest BCUT2D eigenvalue weighted by molar-refractivity contribution is 5.90. The van der Waals surface area contributed by atoms with Gasteiger partial charge in [-0.1, -0.05) is 6.92 Å². The monoisotopic (exact) mass is 167 g/mol. The van der Waals surface area contributed by atoms with Crippen molar-refractivity contribution < 1.29 is 4.79 Å². The van der Waals surface area contributed by atoms with Crippen LogP contribution < -0.4 is 0 Å². The van der Waals surface area contributed by atoms with E-state index in [2.05, 4.69) is 11.8 Å². The van der Waals surface area contributed by atoms with Crippen LogP contribution in [0.5, 0.6) is 0 Å². The first-order chi connectivity index (χ1) is 5.77. The molecule has 2 fully saturated rings. The lowest BCUT2D eigenvalue weighted by Gasteiger charge is -2.46. The number of nitrogens with zero attached hydrogens (tertiary/aromatic N) is 1. The number of carbonyl (C=O) groups excluding carboxylic acids is 1. The predicted octanol–water partition coefficient (Wildman–Crippen LogP) is 1.45. The maximum absolute atomic E-state index is 11.4. The molecule has 1 aliphatic heterocycles. The van der Waals surface area contributed by atoms with E-state index >= 15 is 0 Å². The minimum atomic E-state index is 0.158. The van der Waals surface area contributed by atoms with E-state index < -0.39 is 0 Å². The molecule has 1 saturated carbocycles. The highest BCUT2D eigenvalue weighted by atomic mass is 16.1. The fraction of sp³-hybridized carbons (Fsp3) is 0.900. The molecule has 0 unspecified atom stereocenters. The molecule has 12 heavy (non-hydrogen) atoms. The maximum Gasteiger partial charge on any atom is 0.139 e. The maximum atomic E-state index is 11.4. The van der Waals surface area contributed by atoms with Gasteiger partial charge in [0.1, 0.15) is 5.78 Å². The Morgan fingerprint density at radius 1 is 1.33 bits per heavy atom. The summed E-state index contributed by atoms with van der Waals surface area (Å²) in [7, 11) is 0. The molecule has 0 aromatic heterocycles. The first-order valence-electron chi connectivity index (χ1n) is 5.02. The summed E-state index contributed by atoms with van der Waals surface area (Å²) in [6.07, 6.45) is 4.27. The second-order valence-corrected chi connectivity index (χ2v) is 4.14. The van der Waals surface area contributed by atoms with E-state index in [1.165, 1.54) is 6.42 Å². The Bertz CT molecular complexity index is 192. The van der Waals surface area contributed by atoms with Gasteiger partial charge in [-0.2, -0.15) is 0 Å². The number of ketones is 1. The van der Waals surface area contributed by atoms with Gasteiger partial charge in [-0.25, -0.2) is 0 Å². The average Bonchev–Trinajstić information content (AvgIpc) is 2.16. The van der Waals surface area contributed by atoms with Crippen molar-refractivity contribution in [2.75, 3.05) is 19.6 Å². The lowest BCUT2D eigenvalue weighted by atomic mass is 9.62. The van der Waals surface area contributed by atoms with Crippen LogP contribution in [0, 0.1) is 5.41 Å². The van der Waals surface area contributed by atoms with Crippen molar-refractivity contribution in [2.45, 2.75) is 32.6 Å². The van der Waals surface area contributed by atoms with E-state index in [-0.39, 0.29) is 5.41 Å². The Labute approximate surface area is 73.9 Å². The zero-order valence-electron chi connectivity index (χ0n) is 7.81. The topological polar surface area (TPSA) is 20.3 Å². The van der Waals surface area contributed by atoms with Crippen molar-refractivity contribution >= 4 is 5.78 Å². The molecule has 68 valence electrons. The number of Topliss-reactive ketones (excluding diaryl/α,β-unsaturated/α-hetero) is 1. The molecule has 0 radical (unpaired) electrons. The smallest absolute Gasteiger partial charge is 0.139 e. The zero-order chi connectivity index (χ0) is 8.60. The molecule has 1 heterocycles. The van der Waals surface area contributed by atoms with Gasteiger partial charge in [0, 0.05) is 11.8 Å². The van der Waals surface area contributed by atoms with E-state index in [1.807, 2.05) is 0 Å². The summed E-state index contributed by atoms with van der Waals surface area (Å²) in [4.78, 5) is 13.8. The number of likely N-dealkylation sites (tertiary alicyclic amines) is 1. The summed E-state index contributed by atoms with van der Waals surface area (Å²) < 4.78 is 0. The predicted molar refractivity (Wildman–Crippen MR) is 48.0 cm³/mol. The highest BCUT2D eigenvalue weighted by Gasteiger charge is 2.46. The molecule has 0 amide bonds. The van der Waals surface area contributed by atoms with Gasteiger partial charge < -0.3 is 4.90 Å². The molecule has 1 saturated heterocycles. The van der Waals surface area contributed by atoms with Crippen LogP contribution in [0.15, 0.2) is 0 Å². The largest absolute Gasteiger partial charge is 0.304 e. The Morgan fingerprint density at radius 2 is 2.00 bits per heavy atom. The van der Waals surface area contributed by atoms with Gasteiger partial charge in [0.2, 0.25) is 0 Å². The molecule has 0 aromatic carbocycles. The van der Waals surface area contributed by atoms with Crippen LogP contribution in [0.25, 0.3) is 0 Å². The van der Waals surface area contributed by atoms with E-state index in [9.17, 15) is 4.79 Å². The molecular formula is C10H17NO. The second kappa shape index (κ2) is 2.84. The Hall–Kier alpha value is -0.370. The molecule has 0 aromatic rings. The standard InChI is InChI=1S/C10H17NO/c1-2-11-7-5-10(6-8-11)4-3-9(10)12/h2-8H2,1H3. The summed E-state index contributed by atoms with van der Waals surface area (Å²) >= 11 is 0. The number of rotatable bonds is 1. The molecule has 0 atom stereocenters. The number of carbonyl (C=O) groups is 1. The normalized spacial score (nSPS) is 28.9. The fourth-order valence-electron chi connectivity index (χ4n) is 2.41. The van der Waals surface area contributed by atoms with Gasteiger partial charge in [-0.3, -0.25) is 4.79 Å². The van der Waals surface area contributed by atoms with Crippen molar-refractivity contribution in [1.82, 2.24) is 4.90 Å². The Morgan fingerprint density at radius 3 is 2.33 bits per heavy atom. The summed E-state index contributed by atoms with van der Waals surface area (Å²) in [5.74, 6) is 0.540. The lowest BCUT2D eigenvalue weighted by Crippen LogP contribution is -2.49. The van der Waals surface area contributed by atoms with Crippen LogP contribution in [-0.4, -0.2) is 30.3 Å². The van der Waals surface area contributed by atoms with Crippen molar-refractivity contribution in [3.05, 3.63) is 0 Å². The number of hydrogen-bond donors (Lipinski definition) is 0. The molecule has 2 nitrogen and oxygen atoms in total. The Kier molecular flexibility index (Phi) is 1.95. The second-order valence-electron chi connectivity index (χ2n) is 4.14. The van der Waals surface area contributed by atoms with E-state index in [4.69, 9.17) is 0 Å². The van der Waals surface area contributed by atoms with Gasteiger partial charge in [0.15, 0.2) is 0 Å². The summed E-state index contributed by atoms with van der Waals surface area (Å²) in [6, 6.07) is 0. The quantitative estimate of drug-likeness (QED) is 0.589. The van der Waals surface area contributed by atoms with E-state index in [1.54, 1.807) is 0 Å². The minimum absolute atomic E-state index is 0.158. The van der Waals surface area contributed by atoms with Crippen LogP contribution in [0.3, 0.4) is 0 Å². The fourth-order valence-corrected chi connectivity index (χ4v) is 2.41. The lowest BCUT2D eigenvalue weighted by molar-refractivity contribution is -0.142. The molecule has 0 bridgehead atoms. The Balaban J connectivity index is 1.93. The van der Waals surface area contributed by atoms with Crippen molar-refractivity contribution in [2.24, 2.45) is 5.41 Å². The minimum Gasteiger partial charge on any atom is -0.304 e. The molecule has 2 rings (SSSR count). The van der Waals surface area contributed by atoms with Crippen molar-refractivity contribution in [3.63, 3.8) is 0 Å². The molecule has 1 spiro atoms. The molecular weight excluding hydrogens is 150 g/mol. The zero-order valence-corrected chi connectivity index (χ0v) is 7.81. The molecule has 1 aliphatic carbocycles. The summed E-state index contributed by atoms with van der Waals surface area (Å²) in [6.45, 7) is 5.62. The SMILES string of the molecule is CCN1CCC2(CCC2=O)CC1. The van der Waals surface area contributed by atoms with Crippen LogP contribution in [-0.2, 0) is 4.79 Å². The first kappa shape index (κ1) is 8.24. The summed E-state index contributed by atoms with van der Waals surface area (Å²) in [5, 5.41) is 0. The van der Waals surface area contributed by atoms with Gasteiger partial charge in [-0.15, -0.1) is 0 Å². The average molecular weight is 167 g/mol. The van der Waals surface area contributed by atoms with Gasteiger partial charge in [0.05, 0.1) is 0 Å².